The van der Waals surface area contributed by atoms with Crippen LogP contribution in [0.2, 0.25) is 0 Å². The number of benzene rings is 2. The first-order valence-corrected chi connectivity index (χ1v) is 8.52. The third kappa shape index (κ3) is 2.24. The van der Waals surface area contributed by atoms with Crippen LogP contribution in [-0.4, -0.2) is 22.2 Å². The molecule has 2 aromatic heterocycles. The van der Waals surface area contributed by atoms with Gasteiger partial charge >= 0.3 is 0 Å². The normalized spacial score (nSPS) is 11.8. The first-order valence-electron chi connectivity index (χ1n) is 7.08. The van der Waals surface area contributed by atoms with E-state index in [4.69, 9.17) is 0 Å². The first-order chi connectivity index (χ1) is 11.2. The molecule has 0 atom stereocenters. The number of nitrogens with zero attached hydrogens (tertiary/aromatic N) is 3. The molecule has 0 unspecified atom stereocenters. The average molecular weight is 323 g/mol. The van der Waals surface area contributed by atoms with Crippen LogP contribution in [0.3, 0.4) is 0 Å². The lowest BCUT2D eigenvalue weighted by Crippen LogP contribution is -2.11. The van der Waals surface area contributed by atoms with Crippen molar-refractivity contribution in [1.29, 1.82) is 0 Å². The van der Waals surface area contributed by atoms with E-state index in [-0.39, 0.29) is 4.90 Å². The minimum absolute atomic E-state index is 0.272. The molecule has 0 N–H and O–H groups in total. The van der Waals surface area contributed by atoms with Crippen molar-refractivity contribution in [3.05, 3.63) is 79.3 Å². The minimum atomic E-state index is -3.59. The molecule has 5 nitrogen and oxygen atoms in total. The standard InChI is InChI=1S/C17H13N3O2S/c21-23(22,16-5-2-1-3-6-16)20-12-9-14-13-15(7-8-17(14)20)19-11-4-10-18-19/h1-13H. The Morgan fingerprint density at radius 3 is 2.43 bits per heavy atom. The molecule has 2 aromatic carbocycles. The van der Waals surface area contributed by atoms with Gasteiger partial charge in [0.15, 0.2) is 0 Å². The van der Waals surface area contributed by atoms with Crippen molar-refractivity contribution in [2.24, 2.45) is 0 Å². The van der Waals surface area contributed by atoms with E-state index < -0.39 is 10.0 Å². The Morgan fingerprint density at radius 2 is 1.70 bits per heavy atom. The lowest BCUT2D eigenvalue weighted by atomic mass is 10.2. The zero-order valence-corrected chi connectivity index (χ0v) is 12.9. The lowest BCUT2D eigenvalue weighted by Gasteiger charge is -2.08. The summed E-state index contributed by atoms with van der Waals surface area (Å²) in [7, 11) is -3.59. The van der Waals surface area contributed by atoms with E-state index >= 15 is 0 Å². The van der Waals surface area contributed by atoms with Crippen LogP contribution in [0, 0.1) is 0 Å². The highest BCUT2D eigenvalue weighted by Gasteiger charge is 2.18. The Bertz CT molecular complexity index is 1070. The van der Waals surface area contributed by atoms with Gasteiger partial charge in [-0.2, -0.15) is 5.10 Å². The third-order valence-corrected chi connectivity index (χ3v) is 5.41. The maximum atomic E-state index is 12.8. The Kier molecular flexibility index (Phi) is 3.06. The highest BCUT2D eigenvalue weighted by molar-refractivity contribution is 7.90. The van der Waals surface area contributed by atoms with Gasteiger partial charge in [-0.05, 0) is 42.5 Å². The zero-order valence-electron chi connectivity index (χ0n) is 12.1. The van der Waals surface area contributed by atoms with Crippen LogP contribution in [0.1, 0.15) is 0 Å². The van der Waals surface area contributed by atoms with Gasteiger partial charge in [-0.15, -0.1) is 0 Å². The summed E-state index contributed by atoms with van der Waals surface area (Å²) in [6.45, 7) is 0. The van der Waals surface area contributed by atoms with Crippen molar-refractivity contribution in [3.63, 3.8) is 0 Å². The largest absolute Gasteiger partial charge is 0.268 e. The van der Waals surface area contributed by atoms with Crippen LogP contribution in [-0.2, 0) is 10.0 Å². The molecule has 0 spiro atoms. The Labute approximate surface area is 133 Å². The van der Waals surface area contributed by atoms with Gasteiger partial charge in [0.2, 0.25) is 0 Å². The summed E-state index contributed by atoms with van der Waals surface area (Å²) in [6.07, 6.45) is 5.13. The fourth-order valence-electron chi connectivity index (χ4n) is 2.58. The second kappa shape index (κ2) is 5.10. The van der Waals surface area contributed by atoms with Crippen LogP contribution < -0.4 is 0 Å². The SMILES string of the molecule is O=S(=O)(c1ccccc1)n1ccc2cc(-n3cccn3)ccc21. The smallest absolute Gasteiger partial charge is 0.241 e. The van der Waals surface area contributed by atoms with E-state index in [9.17, 15) is 8.42 Å². The quantitative estimate of drug-likeness (QED) is 0.582. The number of fused-ring (bicyclic) bond motifs is 1. The molecule has 0 saturated heterocycles. The highest BCUT2D eigenvalue weighted by atomic mass is 32.2. The summed E-state index contributed by atoms with van der Waals surface area (Å²) in [5, 5.41) is 5.03. The van der Waals surface area contributed by atoms with E-state index in [2.05, 4.69) is 5.10 Å². The van der Waals surface area contributed by atoms with Crippen LogP contribution in [0.25, 0.3) is 16.6 Å². The molecule has 0 amide bonds. The average Bonchev–Trinajstić information content (AvgIpc) is 3.25. The molecule has 23 heavy (non-hydrogen) atoms. The molecular formula is C17H13N3O2S. The summed E-state index contributed by atoms with van der Waals surface area (Å²) in [6, 6.07) is 17.6. The monoisotopic (exact) mass is 323 g/mol. The number of aromatic nitrogens is 3. The van der Waals surface area contributed by atoms with Crippen molar-refractivity contribution in [2.45, 2.75) is 4.90 Å². The highest BCUT2D eigenvalue weighted by Crippen LogP contribution is 2.24. The Balaban J connectivity index is 1.87. The van der Waals surface area contributed by atoms with Gasteiger partial charge in [0.25, 0.3) is 10.0 Å². The first kappa shape index (κ1) is 13.8. The van der Waals surface area contributed by atoms with E-state index in [1.807, 2.05) is 24.4 Å². The predicted octanol–water partition coefficient (Wildman–Crippen LogP) is 3.06. The van der Waals surface area contributed by atoms with Crippen molar-refractivity contribution < 1.29 is 8.42 Å². The molecule has 0 fully saturated rings. The summed E-state index contributed by atoms with van der Waals surface area (Å²) in [4.78, 5) is 0.272. The van der Waals surface area contributed by atoms with Crippen LogP contribution in [0.4, 0.5) is 0 Å². The molecule has 0 saturated carbocycles. The molecule has 114 valence electrons. The number of rotatable bonds is 3. The molecule has 0 aliphatic heterocycles. The third-order valence-electron chi connectivity index (χ3n) is 3.71. The van der Waals surface area contributed by atoms with Gasteiger partial charge in [0, 0.05) is 24.0 Å². The maximum absolute atomic E-state index is 12.8. The van der Waals surface area contributed by atoms with Gasteiger partial charge in [0.05, 0.1) is 16.1 Å². The molecule has 0 aliphatic rings. The van der Waals surface area contributed by atoms with Crippen LogP contribution in [0.15, 0.2) is 84.1 Å². The van der Waals surface area contributed by atoms with Crippen molar-refractivity contribution >= 4 is 20.9 Å². The molecule has 6 heteroatoms. The summed E-state index contributed by atoms with van der Waals surface area (Å²) in [5.41, 5.74) is 1.53. The second-order valence-corrected chi connectivity index (χ2v) is 6.94. The molecule has 4 aromatic rings. The predicted molar refractivity (Wildman–Crippen MR) is 88.1 cm³/mol. The van der Waals surface area contributed by atoms with Gasteiger partial charge in [-0.3, -0.25) is 0 Å². The van der Waals surface area contributed by atoms with E-state index in [0.29, 0.717) is 5.52 Å². The van der Waals surface area contributed by atoms with E-state index in [1.165, 1.54) is 3.97 Å². The topological polar surface area (TPSA) is 56.9 Å². The van der Waals surface area contributed by atoms with E-state index in [1.54, 1.807) is 59.5 Å². The molecule has 0 aliphatic carbocycles. The van der Waals surface area contributed by atoms with Gasteiger partial charge in [-0.1, -0.05) is 18.2 Å². The number of hydrogen-bond donors (Lipinski definition) is 0. The fraction of sp³-hybridized carbons (Fsp3) is 0. The van der Waals surface area contributed by atoms with Gasteiger partial charge in [-0.25, -0.2) is 17.1 Å². The van der Waals surface area contributed by atoms with Gasteiger partial charge in [0.1, 0.15) is 0 Å². The number of hydrogen-bond acceptors (Lipinski definition) is 3. The van der Waals surface area contributed by atoms with E-state index in [0.717, 1.165) is 11.1 Å². The van der Waals surface area contributed by atoms with Crippen molar-refractivity contribution in [3.8, 4) is 5.69 Å². The lowest BCUT2D eigenvalue weighted by molar-refractivity contribution is 0.589. The molecule has 2 heterocycles. The molecule has 0 radical (unpaired) electrons. The van der Waals surface area contributed by atoms with Crippen molar-refractivity contribution in [1.82, 2.24) is 13.8 Å². The molecule has 0 bridgehead atoms. The second-order valence-electron chi connectivity index (χ2n) is 5.12. The maximum Gasteiger partial charge on any atom is 0.268 e. The fourth-order valence-corrected chi connectivity index (χ4v) is 3.96. The molecular weight excluding hydrogens is 310 g/mol. The zero-order chi connectivity index (χ0) is 15.9. The minimum Gasteiger partial charge on any atom is -0.241 e. The van der Waals surface area contributed by atoms with Gasteiger partial charge < -0.3 is 0 Å². The summed E-state index contributed by atoms with van der Waals surface area (Å²) < 4.78 is 28.6. The summed E-state index contributed by atoms with van der Waals surface area (Å²) >= 11 is 0. The summed E-state index contributed by atoms with van der Waals surface area (Å²) in [5.74, 6) is 0. The Hall–Kier alpha value is -2.86. The molecule has 4 rings (SSSR count). The van der Waals surface area contributed by atoms with Crippen molar-refractivity contribution in [2.75, 3.05) is 0 Å². The van der Waals surface area contributed by atoms with Crippen LogP contribution >= 0.6 is 0 Å². The van der Waals surface area contributed by atoms with Crippen LogP contribution in [0.5, 0.6) is 0 Å². The Morgan fingerprint density at radius 1 is 0.870 bits per heavy atom.